The number of nitrogens with zero attached hydrogens (tertiary/aromatic N) is 3. The molecule has 0 spiro atoms. The van der Waals surface area contributed by atoms with Gasteiger partial charge in [-0.1, -0.05) is 43.3 Å². The van der Waals surface area contributed by atoms with Crippen LogP contribution in [0.3, 0.4) is 0 Å². The van der Waals surface area contributed by atoms with Crippen LogP contribution in [0.5, 0.6) is 0 Å². The average molecular weight is 602 g/mol. The number of esters is 1. The quantitative estimate of drug-likeness (QED) is 0.0924. The van der Waals surface area contributed by atoms with Crippen LogP contribution in [0.15, 0.2) is 20.9 Å². The van der Waals surface area contributed by atoms with E-state index in [-0.39, 0.29) is 53.9 Å². The van der Waals surface area contributed by atoms with Crippen LogP contribution in [0.1, 0.15) is 89.5 Å². The molecule has 3 N–H and O–H groups in total. The Morgan fingerprint density at radius 2 is 1.88 bits per heavy atom. The second-order valence-electron chi connectivity index (χ2n) is 10.3. The molecule has 0 unspecified atom stereocenters. The fourth-order valence-electron chi connectivity index (χ4n) is 4.73. The molecule has 2 rings (SSSR count). The van der Waals surface area contributed by atoms with Gasteiger partial charge >= 0.3 is 16.0 Å². The number of sulfonamides is 1. The number of carbonyl (C=O) groups is 2. The van der Waals surface area contributed by atoms with Gasteiger partial charge in [0.1, 0.15) is 10.8 Å². The molecule has 5 atom stereocenters. The topological polar surface area (TPSA) is 176 Å². The Bertz CT molecular complexity index is 1090. The molecule has 226 valence electrons. The summed E-state index contributed by atoms with van der Waals surface area (Å²) in [5.41, 5.74) is 0. The van der Waals surface area contributed by atoms with Crippen molar-refractivity contribution >= 4 is 39.3 Å². The van der Waals surface area contributed by atoms with Crippen LogP contribution in [0.25, 0.3) is 0 Å². The first-order chi connectivity index (χ1) is 19.0. The average Bonchev–Trinajstić information content (AvgIpc) is 3.46. The van der Waals surface area contributed by atoms with E-state index in [0.29, 0.717) is 43.5 Å². The van der Waals surface area contributed by atoms with Gasteiger partial charge in [-0.25, -0.2) is 0 Å². The Hall–Kier alpha value is -2.06. The Balaban J connectivity index is 1.63. The first kappa shape index (κ1) is 34.1. The zero-order valence-corrected chi connectivity index (χ0v) is 25.0. The Labute approximate surface area is 240 Å². The lowest BCUT2D eigenvalue weighted by Gasteiger charge is -2.23. The maximum atomic E-state index is 12.2. The number of rotatable bonds is 19. The molecule has 0 aliphatic heterocycles. The number of carbonyl (C=O) groups excluding carboxylic acids is 2. The van der Waals surface area contributed by atoms with Crippen molar-refractivity contribution in [2.24, 2.45) is 16.2 Å². The second kappa shape index (κ2) is 17.7. The van der Waals surface area contributed by atoms with Crippen molar-refractivity contribution in [2.75, 3.05) is 6.61 Å². The monoisotopic (exact) mass is 601 g/mol. The minimum absolute atomic E-state index is 0.00414. The number of aromatic nitrogens is 2. The van der Waals surface area contributed by atoms with Gasteiger partial charge in [0.2, 0.25) is 0 Å². The molecule has 1 aromatic rings. The van der Waals surface area contributed by atoms with Gasteiger partial charge in [0, 0.05) is 19.1 Å². The van der Waals surface area contributed by atoms with Crippen molar-refractivity contribution in [3.05, 3.63) is 17.2 Å². The van der Waals surface area contributed by atoms with Gasteiger partial charge in [0.15, 0.2) is 0 Å². The van der Waals surface area contributed by atoms with Crippen LogP contribution in [0.2, 0.25) is 0 Å². The van der Waals surface area contributed by atoms with Crippen LogP contribution >= 0.6 is 11.3 Å². The Morgan fingerprint density at radius 1 is 1.12 bits per heavy atom. The number of ether oxygens (including phenoxy) is 1. The Kier molecular flexibility index (Phi) is 15.1. The predicted molar refractivity (Wildman–Crippen MR) is 152 cm³/mol. The summed E-state index contributed by atoms with van der Waals surface area (Å²) >= 11 is 0.796. The Morgan fingerprint density at radius 3 is 2.60 bits per heavy atom. The van der Waals surface area contributed by atoms with E-state index in [1.54, 1.807) is 0 Å². The predicted octanol–water partition coefficient (Wildman–Crippen LogP) is 3.17. The molecule has 0 bridgehead atoms. The summed E-state index contributed by atoms with van der Waals surface area (Å²) in [4.78, 5) is 23.1. The highest BCUT2D eigenvalue weighted by Crippen LogP contribution is 2.38. The van der Waals surface area contributed by atoms with E-state index >= 15 is 0 Å². The molecule has 1 aromatic heterocycles. The lowest BCUT2D eigenvalue weighted by molar-refractivity contribution is -0.143. The summed E-state index contributed by atoms with van der Waals surface area (Å²) < 4.78 is 32.7. The smallest absolute Gasteiger partial charge is 0.311 e. The zero-order chi connectivity index (χ0) is 29.5. The third-order valence-electron chi connectivity index (χ3n) is 6.86. The fourth-order valence-corrected chi connectivity index (χ4v) is 6.75. The molecular formula is C27H43N3O8S2. The van der Waals surface area contributed by atoms with Gasteiger partial charge in [-0.2, -0.15) is 12.8 Å². The van der Waals surface area contributed by atoms with Crippen molar-refractivity contribution in [2.45, 2.75) is 114 Å². The highest BCUT2D eigenvalue weighted by Gasteiger charge is 2.40. The standard InChI is InChI=1S/C27H43N3O8S2/c1-3-4-10-20(32)13-14-22-21(23(33)18-24(22)34)11-7-5-6-8-12-26(35)38-16-9-15-28-40(36,37)27-30-29-25(39-27)17-19(2)31/h5,7,15,20-24,32-34H,3-4,6,8-14,16-18H2,1-2H3/b7-5-,28-15?/t20-,21+,22+,23-,24+/m0/s1. The number of hydrogen-bond acceptors (Lipinski definition) is 11. The van der Waals surface area contributed by atoms with E-state index in [9.17, 15) is 33.3 Å². The van der Waals surface area contributed by atoms with Gasteiger partial charge < -0.3 is 20.1 Å². The van der Waals surface area contributed by atoms with Crippen molar-refractivity contribution in [1.82, 2.24) is 10.2 Å². The van der Waals surface area contributed by atoms with E-state index < -0.39 is 28.2 Å². The molecule has 40 heavy (non-hydrogen) atoms. The molecule has 11 nitrogen and oxygen atoms in total. The van der Waals surface area contributed by atoms with Crippen molar-refractivity contribution < 1.29 is 38.1 Å². The van der Waals surface area contributed by atoms with Crippen molar-refractivity contribution in [3.8, 4) is 0 Å². The van der Waals surface area contributed by atoms with E-state index in [1.807, 2.05) is 12.2 Å². The van der Waals surface area contributed by atoms with Crippen molar-refractivity contribution in [3.63, 3.8) is 0 Å². The lowest BCUT2D eigenvalue weighted by atomic mass is 9.85. The highest BCUT2D eigenvalue weighted by molar-refractivity contribution is 7.92. The van der Waals surface area contributed by atoms with Crippen LogP contribution < -0.4 is 0 Å². The third kappa shape index (κ3) is 12.2. The van der Waals surface area contributed by atoms with Gasteiger partial charge in [-0.15, -0.1) is 10.2 Å². The summed E-state index contributed by atoms with van der Waals surface area (Å²) in [5.74, 6) is -0.620. The van der Waals surface area contributed by atoms with Crippen LogP contribution in [0, 0.1) is 11.8 Å². The van der Waals surface area contributed by atoms with Gasteiger partial charge in [-0.3, -0.25) is 9.59 Å². The number of Topliss-reactive ketones (excluding diaryl/α,β-unsaturated/α-hetero) is 1. The van der Waals surface area contributed by atoms with Crippen LogP contribution in [0.4, 0.5) is 0 Å². The molecule has 13 heteroatoms. The third-order valence-corrected chi connectivity index (χ3v) is 9.41. The molecular weight excluding hydrogens is 558 g/mol. The molecule has 0 amide bonds. The number of aliphatic hydroxyl groups excluding tert-OH is 3. The zero-order valence-electron chi connectivity index (χ0n) is 23.4. The van der Waals surface area contributed by atoms with E-state index in [4.69, 9.17) is 4.74 Å². The number of allylic oxidation sites excluding steroid dienone is 2. The maximum absolute atomic E-state index is 12.2. The minimum atomic E-state index is -4.01. The number of hydrogen-bond donors (Lipinski definition) is 3. The highest BCUT2D eigenvalue weighted by atomic mass is 32.2. The molecule has 1 saturated carbocycles. The number of aliphatic hydroxyl groups is 3. The molecule has 1 fully saturated rings. The van der Waals surface area contributed by atoms with Gasteiger partial charge in [0.05, 0.1) is 31.3 Å². The summed E-state index contributed by atoms with van der Waals surface area (Å²) in [7, 11) is -4.01. The SMILES string of the molecule is CCCC[C@H](O)CC[C@@H]1[C@@H](C/C=C\CCCC(=O)OCCC=NS(=O)(=O)c2nnc(CC(C)=O)s2)[C@@H](O)C[C@H]1O. The van der Waals surface area contributed by atoms with Gasteiger partial charge in [-0.05, 0) is 63.7 Å². The molecule has 0 saturated heterocycles. The van der Waals surface area contributed by atoms with E-state index in [0.717, 1.165) is 36.8 Å². The largest absolute Gasteiger partial charge is 0.465 e. The van der Waals surface area contributed by atoms with Crippen LogP contribution in [-0.4, -0.2) is 76.8 Å². The first-order valence-electron chi connectivity index (χ1n) is 14.0. The summed E-state index contributed by atoms with van der Waals surface area (Å²) in [6.07, 6.45) is 10.3. The molecule has 0 radical (unpaired) electrons. The molecule has 1 aliphatic rings. The molecule has 1 aliphatic carbocycles. The number of ketones is 1. The lowest BCUT2D eigenvalue weighted by Crippen LogP contribution is -2.23. The second-order valence-corrected chi connectivity index (χ2v) is 13.2. The fraction of sp³-hybridized carbons (Fsp3) is 0.741. The van der Waals surface area contributed by atoms with Gasteiger partial charge in [0.25, 0.3) is 4.34 Å². The first-order valence-corrected chi connectivity index (χ1v) is 16.2. The summed E-state index contributed by atoms with van der Waals surface area (Å²) in [6, 6.07) is 0. The number of unbranched alkanes of at least 4 members (excludes halogenated alkanes) is 2. The summed E-state index contributed by atoms with van der Waals surface area (Å²) in [6.45, 7) is 3.46. The summed E-state index contributed by atoms with van der Waals surface area (Å²) in [5, 5.41) is 38.5. The normalized spacial score (nSPS) is 22.3. The molecule has 1 heterocycles. The maximum Gasteiger partial charge on any atom is 0.311 e. The molecule has 0 aromatic carbocycles. The minimum Gasteiger partial charge on any atom is -0.465 e. The van der Waals surface area contributed by atoms with E-state index in [1.165, 1.54) is 6.92 Å². The van der Waals surface area contributed by atoms with Crippen molar-refractivity contribution in [1.29, 1.82) is 0 Å². The van der Waals surface area contributed by atoms with Crippen LogP contribution in [-0.2, 0) is 30.8 Å². The van der Waals surface area contributed by atoms with E-state index in [2.05, 4.69) is 21.5 Å².